The Balaban J connectivity index is 1.67. The Hall–Kier alpha value is -2.96. The highest BCUT2D eigenvalue weighted by atomic mass is 32.2. The van der Waals surface area contributed by atoms with Crippen molar-refractivity contribution >= 4 is 57.0 Å². The Morgan fingerprint density at radius 3 is 2.48 bits per heavy atom. The Morgan fingerprint density at radius 1 is 1.03 bits per heavy atom. The molecule has 3 aromatic rings. The number of hydrogen-bond acceptors (Lipinski definition) is 4. The van der Waals surface area contributed by atoms with E-state index < -0.39 is 12.0 Å². The maximum absolute atomic E-state index is 13.1. The smallest absolute Gasteiger partial charge is 0.327 e. The van der Waals surface area contributed by atoms with Gasteiger partial charge in [-0.25, -0.2) is 4.79 Å². The van der Waals surface area contributed by atoms with E-state index in [9.17, 15) is 14.7 Å². The lowest BCUT2D eigenvalue weighted by Crippen LogP contribution is -2.45. The number of hydrogen-bond donors (Lipinski definition) is 1. The first kappa shape index (κ1) is 19.4. The van der Waals surface area contributed by atoms with Crippen molar-refractivity contribution in [3.05, 3.63) is 88.8 Å². The number of carbonyl (C=O) groups is 2. The van der Waals surface area contributed by atoms with Crippen molar-refractivity contribution in [2.24, 2.45) is 0 Å². The van der Waals surface area contributed by atoms with Gasteiger partial charge in [0.15, 0.2) is 0 Å². The average molecular weight is 420 g/mol. The molecule has 0 aliphatic carbocycles. The average Bonchev–Trinajstić information content (AvgIpc) is 3.00. The van der Waals surface area contributed by atoms with Gasteiger partial charge in [0.1, 0.15) is 10.4 Å². The lowest BCUT2D eigenvalue weighted by Gasteiger charge is -2.23. The maximum Gasteiger partial charge on any atom is 0.327 e. The van der Waals surface area contributed by atoms with Crippen LogP contribution in [0.2, 0.25) is 0 Å². The van der Waals surface area contributed by atoms with Crippen LogP contribution in [0, 0.1) is 0 Å². The van der Waals surface area contributed by atoms with Gasteiger partial charge >= 0.3 is 5.97 Å². The number of carboxylic acid groups (broad SMARTS) is 1. The fraction of sp³-hybridized carbons (Fsp3) is 0.0870. The molecule has 0 bridgehead atoms. The molecule has 1 aliphatic heterocycles. The second kappa shape index (κ2) is 8.19. The second-order valence-electron chi connectivity index (χ2n) is 6.66. The quantitative estimate of drug-likeness (QED) is 0.478. The van der Waals surface area contributed by atoms with Gasteiger partial charge in [0.05, 0.1) is 4.91 Å². The molecule has 0 unspecified atom stereocenters. The molecule has 4 nitrogen and oxygen atoms in total. The van der Waals surface area contributed by atoms with E-state index in [1.54, 1.807) is 6.08 Å². The molecule has 1 atom stereocenters. The predicted molar refractivity (Wildman–Crippen MR) is 121 cm³/mol. The van der Waals surface area contributed by atoms with Gasteiger partial charge in [0.25, 0.3) is 5.91 Å². The van der Waals surface area contributed by atoms with E-state index >= 15 is 0 Å². The van der Waals surface area contributed by atoms with Crippen molar-refractivity contribution in [3.63, 3.8) is 0 Å². The van der Waals surface area contributed by atoms with Crippen LogP contribution in [0.25, 0.3) is 16.8 Å². The number of benzene rings is 3. The van der Waals surface area contributed by atoms with Gasteiger partial charge in [0.2, 0.25) is 0 Å². The van der Waals surface area contributed by atoms with Crippen molar-refractivity contribution in [3.8, 4) is 0 Å². The van der Waals surface area contributed by atoms with Crippen LogP contribution in [0.15, 0.2) is 77.7 Å². The number of rotatable bonds is 5. The summed E-state index contributed by atoms with van der Waals surface area (Å²) in [6, 6.07) is 22.0. The monoisotopic (exact) mass is 419 g/mol. The molecule has 29 heavy (non-hydrogen) atoms. The molecule has 0 spiro atoms. The van der Waals surface area contributed by atoms with E-state index in [-0.39, 0.29) is 16.6 Å². The zero-order chi connectivity index (χ0) is 20.4. The van der Waals surface area contributed by atoms with Gasteiger partial charge < -0.3 is 5.11 Å². The van der Waals surface area contributed by atoms with E-state index in [0.717, 1.165) is 33.7 Å². The highest BCUT2D eigenvalue weighted by molar-refractivity contribution is 8.26. The predicted octanol–water partition coefficient (Wildman–Crippen LogP) is 4.74. The molecule has 144 valence electrons. The summed E-state index contributed by atoms with van der Waals surface area (Å²) in [5, 5.41) is 11.9. The molecule has 0 radical (unpaired) electrons. The largest absolute Gasteiger partial charge is 0.480 e. The van der Waals surface area contributed by atoms with Crippen LogP contribution in [-0.2, 0) is 16.0 Å². The molecule has 0 aromatic heterocycles. The molecular formula is C23H17NO3S2. The highest BCUT2D eigenvalue weighted by Crippen LogP contribution is 2.35. The van der Waals surface area contributed by atoms with Crippen LogP contribution >= 0.6 is 24.0 Å². The maximum atomic E-state index is 13.1. The van der Waals surface area contributed by atoms with Crippen LogP contribution in [0.5, 0.6) is 0 Å². The van der Waals surface area contributed by atoms with Gasteiger partial charge in [-0.1, -0.05) is 96.8 Å². The first-order valence-electron chi connectivity index (χ1n) is 9.06. The number of thioether (sulfide) groups is 1. The van der Waals surface area contributed by atoms with Crippen molar-refractivity contribution < 1.29 is 14.7 Å². The van der Waals surface area contributed by atoms with Gasteiger partial charge in [-0.05, 0) is 28.0 Å². The number of fused-ring (bicyclic) bond motifs is 1. The van der Waals surface area contributed by atoms with Gasteiger partial charge in [-0.2, -0.15) is 0 Å². The van der Waals surface area contributed by atoms with Gasteiger partial charge in [0, 0.05) is 6.42 Å². The molecule has 1 saturated heterocycles. The fourth-order valence-corrected chi connectivity index (χ4v) is 4.74. The third-order valence-corrected chi connectivity index (χ3v) is 6.13. The zero-order valence-electron chi connectivity index (χ0n) is 15.3. The number of aliphatic carboxylic acids is 1. The summed E-state index contributed by atoms with van der Waals surface area (Å²) in [6.07, 6.45) is 1.99. The van der Waals surface area contributed by atoms with E-state index in [0.29, 0.717) is 4.91 Å². The summed E-state index contributed by atoms with van der Waals surface area (Å²) in [4.78, 5) is 26.7. The summed E-state index contributed by atoms with van der Waals surface area (Å²) in [6.45, 7) is 0. The Bertz CT molecular complexity index is 1140. The fourth-order valence-electron chi connectivity index (χ4n) is 3.39. The Kier molecular flexibility index (Phi) is 5.47. The molecular weight excluding hydrogens is 402 g/mol. The van der Waals surface area contributed by atoms with E-state index in [1.807, 2.05) is 72.8 Å². The van der Waals surface area contributed by atoms with Crippen molar-refractivity contribution in [2.45, 2.75) is 12.5 Å². The van der Waals surface area contributed by atoms with E-state index in [2.05, 4.69) is 0 Å². The molecule has 1 N–H and O–H groups in total. The lowest BCUT2D eigenvalue weighted by atomic mass is 10.0. The first-order chi connectivity index (χ1) is 14.0. The standard InChI is InChI=1S/C23H17NO3S2/c25-21-20(14-17-11-6-10-16-9-4-5-12-18(16)17)29-23(28)24(21)19(22(26)27)13-15-7-2-1-3-8-15/h1-12,14,19H,13H2,(H,26,27)/b20-14-/t19-/m1/s1. The minimum Gasteiger partial charge on any atom is -0.480 e. The zero-order valence-corrected chi connectivity index (χ0v) is 17.0. The Morgan fingerprint density at radius 2 is 1.72 bits per heavy atom. The molecule has 3 aromatic carbocycles. The van der Waals surface area contributed by atoms with Crippen LogP contribution in [0.1, 0.15) is 11.1 Å². The topological polar surface area (TPSA) is 57.6 Å². The van der Waals surface area contributed by atoms with Crippen LogP contribution in [0.3, 0.4) is 0 Å². The van der Waals surface area contributed by atoms with Crippen molar-refractivity contribution in [1.29, 1.82) is 0 Å². The SMILES string of the molecule is O=C(O)[C@@H](Cc1ccccc1)N1C(=O)/C(=C/c2cccc3ccccc23)SC1=S. The Labute approximate surface area is 177 Å². The summed E-state index contributed by atoms with van der Waals surface area (Å²) in [5.41, 5.74) is 1.74. The number of amides is 1. The molecule has 1 amide bonds. The third kappa shape index (κ3) is 3.95. The number of carbonyl (C=O) groups excluding carboxylic acids is 1. The first-order valence-corrected chi connectivity index (χ1v) is 10.3. The van der Waals surface area contributed by atoms with E-state index in [4.69, 9.17) is 12.2 Å². The van der Waals surface area contributed by atoms with E-state index in [1.165, 1.54) is 4.90 Å². The summed E-state index contributed by atoms with van der Waals surface area (Å²) >= 11 is 6.53. The second-order valence-corrected chi connectivity index (χ2v) is 8.34. The molecule has 1 heterocycles. The van der Waals surface area contributed by atoms with Crippen LogP contribution in [0.4, 0.5) is 0 Å². The summed E-state index contributed by atoms with van der Waals surface area (Å²) in [7, 11) is 0. The van der Waals surface area contributed by atoms with Crippen LogP contribution in [-0.4, -0.2) is 32.2 Å². The van der Waals surface area contributed by atoms with Gasteiger partial charge in [-0.15, -0.1) is 0 Å². The van der Waals surface area contributed by atoms with Gasteiger partial charge in [-0.3, -0.25) is 9.69 Å². The minimum atomic E-state index is -1.07. The minimum absolute atomic E-state index is 0.199. The molecule has 1 aliphatic rings. The number of carboxylic acids is 1. The number of thiocarbonyl (C=S) groups is 1. The van der Waals surface area contributed by atoms with Crippen molar-refractivity contribution in [2.75, 3.05) is 0 Å². The summed E-state index contributed by atoms with van der Waals surface area (Å²) in [5.74, 6) is -1.44. The van der Waals surface area contributed by atoms with Crippen LogP contribution < -0.4 is 0 Å². The third-order valence-electron chi connectivity index (χ3n) is 4.80. The highest BCUT2D eigenvalue weighted by Gasteiger charge is 2.40. The lowest BCUT2D eigenvalue weighted by molar-refractivity contribution is -0.145. The molecule has 4 rings (SSSR count). The normalized spacial score (nSPS) is 16.6. The molecule has 0 saturated carbocycles. The summed E-state index contributed by atoms with van der Waals surface area (Å²) < 4.78 is 0.268. The van der Waals surface area contributed by atoms with Crippen molar-refractivity contribution in [1.82, 2.24) is 4.90 Å². The number of nitrogens with zero attached hydrogens (tertiary/aromatic N) is 1. The molecule has 6 heteroatoms. The molecule has 1 fully saturated rings.